The number of nitrogens with one attached hydrogen (secondary N) is 3. The molecule has 2 amide bonds. The minimum atomic E-state index is -0.644. The van der Waals surface area contributed by atoms with Crippen molar-refractivity contribution in [3.63, 3.8) is 0 Å². The summed E-state index contributed by atoms with van der Waals surface area (Å²) in [5.74, 6) is 0.962. The molecule has 162 valence electrons. The number of nitrogens with zero attached hydrogens (tertiary/aromatic N) is 4. The van der Waals surface area contributed by atoms with Crippen molar-refractivity contribution in [1.29, 1.82) is 0 Å². The zero-order chi connectivity index (χ0) is 22.1. The first-order valence-corrected chi connectivity index (χ1v) is 9.82. The summed E-state index contributed by atoms with van der Waals surface area (Å²) in [4.78, 5) is 31.9. The lowest BCUT2D eigenvalue weighted by Gasteiger charge is -2.10. The van der Waals surface area contributed by atoms with Crippen LogP contribution in [-0.4, -0.2) is 51.4 Å². The highest BCUT2D eigenvalue weighted by molar-refractivity contribution is 5.82. The molecule has 3 N–H and O–H groups in total. The van der Waals surface area contributed by atoms with Crippen molar-refractivity contribution in [2.24, 2.45) is 0 Å². The number of anilines is 1. The maximum atomic E-state index is 11.9. The van der Waals surface area contributed by atoms with Gasteiger partial charge in [0.15, 0.2) is 5.82 Å². The first-order valence-electron chi connectivity index (χ1n) is 9.82. The molecule has 31 heavy (non-hydrogen) atoms. The molecule has 3 rings (SSSR count). The minimum Gasteiger partial charge on any atom is -0.445 e. The van der Waals surface area contributed by atoms with Crippen LogP contribution >= 0.6 is 0 Å². The number of hydrogen-bond acceptors (Lipinski definition) is 7. The second kappa shape index (κ2) is 10.7. The molecule has 2 aromatic heterocycles. The van der Waals surface area contributed by atoms with Gasteiger partial charge in [0.25, 0.3) is 0 Å². The van der Waals surface area contributed by atoms with Gasteiger partial charge < -0.3 is 20.7 Å². The van der Waals surface area contributed by atoms with Crippen LogP contribution in [0.15, 0.2) is 48.8 Å². The number of alkyl carbamates (subject to hydrolysis) is 1. The summed E-state index contributed by atoms with van der Waals surface area (Å²) in [5.41, 5.74) is 2.76. The van der Waals surface area contributed by atoms with Gasteiger partial charge in [-0.15, -0.1) is 0 Å². The maximum Gasteiger partial charge on any atom is 0.407 e. The third-order valence-electron chi connectivity index (χ3n) is 4.24. The molecule has 0 radical (unpaired) electrons. The summed E-state index contributed by atoms with van der Waals surface area (Å²) in [6, 6.07) is 13.1. The van der Waals surface area contributed by atoms with Gasteiger partial charge in [-0.3, -0.25) is 4.79 Å². The average Bonchev–Trinajstić information content (AvgIpc) is 3.12. The number of carbonyl (C=O) groups is 2. The molecule has 10 heteroatoms. The zero-order valence-electron chi connectivity index (χ0n) is 17.5. The fourth-order valence-electron chi connectivity index (χ4n) is 2.80. The topological polar surface area (TPSA) is 123 Å². The zero-order valence-corrected chi connectivity index (χ0v) is 17.5. The van der Waals surface area contributed by atoms with Gasteiger partial charge in [-0.05, 0) is 25.5 Å². The molecule has 3 aromatic rings. The predicted molar refractivity (Wildman–Crippen MR) is 115 cm³/mol. The van der Waals surface area contributed by atoms with E-state index in [1.807, 2.05) is 50.2 Å². The number of benzene rings is 1. The van der Waals surface area contributed by atoms with Gasteiger partial charge in [0.1, 0.15) is 18.8 Å². The molecule has 0 aliphatic carbocycles. The van der Waals surface area contributed by atoms with E-state index in [2.05, 4.69) is 31.0 Å². The Balaban J connectivity index is 1.34. The smallest absolute Gasteiger partial charge is 0.407 e. The van der Waals surface area contributed by atoms with E-state index >= 15 is 0 Å². The van der Waals surface area contributed by atoms with Crippen LogP contribution in [0.25, 0.3) is 5.82 Å². The van der Waals surface area contributed by atoms with E-state index in [1.165, 1.54) is 6.33 Å². The van der Waals surface area contributed by atoms with Gasteiger partial charge in [-0.2, -0.15) is 5.10 Å². The normalized spacial score (nSPS) is 10.4. The Morgan fingerprint density at radius 3 is 2.58 bits per heavy atom. The summed E-state index contributed by atoms with van der Waals surface area (Å²) in [6.07, 6.45) is 0.812. The third kappa shape index (κ3) is 6.81. The van der Waals surface area contributed by atoms with E-state index < -0.39 is 6.09 Å². The molecular formula is C21H25N7O3. The molecule has 1 aromatic carbocycles. The Morgan fingerprint density at radius 1 is 1.03 bits per heavy atom. The molecule has 0 bridgehead atoms. The van der Waals surface area contributed by atoms with Crippen LogP contribution in [0.5, 0.6) is 0 Å². The molecule has 0 unspecified atom stereocenters. The lowest BCUT2D eigenvalue weighted by atomic mass is 10.2. The molecule has 0 aliphatic heterocycles. The SMILES string of the molecule is Cc1cc(C)n(-c2cc(NCCNC(=O)CNC(=O)OCc3ccccc3)ncn2)n1. The van der Waals surface area contributed by atoms with Gasteiger partial charge in [-0.1, -0.05) is 30.3 Å². The van der Waals surface area contributed by atoms with Crippen molar-refractivity contribution < 1.29 is 14.3 Å². The summed E-state index contributed by atoms with van der Waals surface area (Å²) in [5, 5.41) is 12.7. The van der Waals surface area contributed by atoms with Crippen molar-refractivity contribution in [3.8, 4) is 5.82 Å². The van der Waals surface area contributed by atoms with Crippen LogP contribution in [0.2, 0.25) is 0 Å². The van der Waals surface area contributed by atoms with Crippen molar-refractivity contribution >= 4 is 17.8 Å². The van der Waals surface area contributed by atoms with E-state index in [0.717, 1.165) is 17.0 Å². The summed E-state index contributed by atoms with van der Waals surface area (Å²) >= 11 is 0. The highest BCUT2D eigenvalue weighted by Gasteiger charge is 2.08. The highest BCUT2D eigenvalue weighted by Crippen LogP contribution is 2.11. The maximum absolute atomic E-state index is 11.9. The largest absolute Gasteiger partial charge is 0.445 e. The van der Waals surface area contributed by atoms with Gasteiger partial charge in [0.2, 0.25) is 5.91 Å². The minimum absolute atomic E-state index is 0.150. The second-order valence-corrected chi connectivity index (χ2v) is 6.79. The molecule has 0 atom stereocenters. The first kappa shape index (κ1) is 21.8. The molecule has 10 nitrogen and oxygen atoms in total. The van der Waals surface area contributed by atoms with Crippen LogP contribution < -0.4 is 16.0 Å². The monoisotopic (exact) mass is 423 g/mol. The van der Waals surface area contributed by atoms with E-state index in [-0.39, 0.29) is 19.1 Å². The van der Waals surface area contributed by atoms with Crippen LogP contribution in [0.1, 0.15) is 17.0 Å². The number of aromatic nitrogens is 4. The molecule has 0 spiro atoms. The number of ether oxygens (including phenoxy) is 1. The molecule has 0 aliphatic rings. The summed E-state index contributed by atoms with van der Waals surface area (Å²) in [7, 11) is 0. The fourth-order valence-corrected chi connectivity index (χ4v) is 2.80. The number of carbonyl (C=O) groups excluding carboxylic acids is 2. The van der Waals surface area contributed by atoms with Crippen molar-refractivity contribution in [2.45, 2.75) is 20.5 Å². The number of amides is 2. The Hall–Kier alpha value is -3.95. The quantitative estimate of drug-likeness (QED) is 0.448. The van der Waals surface area contributed by atoms with E-state index in [4.69, 9.17) is 4.74 Å². The van der Waals surface area contributed by atoms with Crippen LogP contribution in [0.3, 0.4) is 0 Å². The predicted octanol–water partition coefficient (Wildman–Crippen LogP) is 1.73. The average molecular weight is 423 g/mol. The van der Waals surface area contributed by atoms with E-state index in [0.29, 0.717) is 24.7 Å². The Labute approximate surface area is 180 Å². The van der Waals surface area contributed by atoms with Gasteiger partial charge >= 0.3 is 6.09 Å². The van der Waals surface area contributed by atoms with Gasteiger partial charge in [0.05, 0.1) is 12.2 Å². The Morgan fingerprint density at radius 2 is 1.84 bits per heavy atom. The van der Waals surface area contributed by atoms with Crippen LogP contribution in [0, 0.1) is 13.8 Å². The molecule has 0 saturated heterocycles. The Bertz CT molecular complexity index is 1020. The molecular weight excluding hydrogens is 398 g/mol. The molecule has 0 fully saturated rings. The second-order valence-electron chi connectivity index (χ2n) is 6.79. The van der Waals surface area contributed by atoms with E-state index in [1.54, 1.807) is 10.7 Å². The van der Waals surface area contributed by atoms with Crippen molar-refractivity contribution in [3.05, 3.63) is 65.7 Å². The third-order valence-corrected chi connectivity index (χ3v) is 4.24. The summed E-state index contributed by atoms with van der Waals surface area (Å²) < 4.78 is 6.80. The lowest BCUT2D eigenvalue weighted by Crippen LogP contribution is -2.38. The fraction of sp³-hybridized carbons (Fsp3) is 0.286. The standard InChI is InChI=1S/C21H25N7O3/c1-15-10-16(2)28(27-15)19-11-18(25-14-26-19)22-8-9-23-20(29)12-24-21(30)31-13-17-6-4-3-5-7-17/h3-7,10-11,14H,8-9,12-13H2,1-2H3,(H,23,29)(H,24,30)(H,22,25,26). The molecule has 2 heterocycles. The lowest BCUT2D eigenvalue weighted by molar-refractivity contribution is -0.120. The van der Waals surface area contributed by atoms with Crippen LogP contribution in [-0.2, 0) is 16.1 Å². The number of rotatable bonds is 9. The number of hydrogen-bond donors (Lipinski definition) is 3. The van der Waals surface area contributed by atoms with Crippen molar-refractivity contribution in [2.75, 3.05) is 25.0 Å². The van der Waals surface area contributed by atoms with Crippen LogP contribution in [0.4, 0.5) is 10.6 Å². The Kier molecular flexibility index (Phi) is 7.52. The van der Waals surface area contributed by atoms with Gasteiger partial charge in [-0.25, -0.2) is 19.4 Å². The van der Waals surface area contributed by atoms with E-state index in [9.17, 15) is 9.59 Å². The number of aryl methyl sites for hydroxylation is 2. The van der Waals surface area contributed by atoms with Gasteiger partial charge in [0, 0.05) is 24.8 Å². The highest BCUT2D eigenvalue weighted by atomic mass is 16.5. The summed E-state index contributed by atoms with van der Waals surface area (Å²) in [6.45, 7) is 4.68. The first-order chi connectivity index (χ1) is 15.0. The van der Waals surface area contributed by atoms with Crippen molar-refractivity contribution in [1.82, 2.24) is 30.4 Å². The molecule has 0 saturated carbocycles.